The van der Waals surface area contributed by atoms with Gasteiger partial charge in [-0.05, 0) is 30.5 Å². The molecule has 0 amide bonds. The van der Waals surface area contributed by atoms with Crippen molar-refractivity contribution in [1.82, 2.24) is 0 Å². The minimum Gasteiger partial charge on any atom is -0.378 e. The fourth-order valence-electron chi connectivity index (χ4n) is 3.89. The van der Waals surface area contributed by atoms with E-state index < -0.39 is 0 Å². The Morgan fingerprint density at radius 1 is 1.04 bits per heavy atom. The molecule has 1 fully saturated rings. The molecule has 3 nitrogen and oxygen atoms in total. The van der Waals surface area contributed by atoms with Crippen LogP contribution in [-0.4, -0.2) is 25.7 Å². The molecule has 1 aliphatic rings. The Labute approximate surface area is 156 Å². The normalized spacial score (nSPS) is 18.4. The Bertz CT molecular complexity index is 750. The molecule has 1 saturated carbocycles. The van der Waals surface area contributed by atoms with Crippen molar-refractivity contribution in [2.24, 2.45) is 5.92 Å². The molecule has 0 unspecified atom stereocenters. The highest BCUT2D eigenvalue weighted by Gasteiger charge is 2.32. The van der Waals surface area contributed by atoms with Gasteiger partial charge in [0.25, 0.3) is 0 Å². The van der Waals surface area contributed by atoms with Crippen LogP contribution in [-0.2, 0) is 4.79 Å². The van der Waals surface area contributed by atoms with Gasteiger partial charge in [0.2, 0.25) is 0 Å². The lowest BCUT2D eigenvalue weighted by atomic mass is 9.73. The SMILES string of the molecule is CN(C)c1ccc([C@H](CC(=O)c2ccccc2)[C@@H]2CCCCC2=O)cc1. The van der Waals surface area contributed by atoms with Crippen molar-refractivity contribution in [2.45, 2.75) is 38.0 Å². The van der Waals surface area contributed by atoms with Crippen LogP contribution in [0.4, 0.5) is 5.69 Å². The molecule has 0 N–H and O–H groups in total. The molecule has 3 rings (SSSR count). The quantitative estimate of drug-likeness (QED) is 0.698. The van der Waals surface area contributed by atoms with Crippen molar-refractivity contribution in [2.75, 3.05) is 19.0 Å². The molecule has 2 aromatic carbocycles. The number of rotatable bonds is 6. The summed E-state index contributed by atoms with van der Waals surface area (Å²) >= 11 is 0. The highest BCUT2D eigenvalue weighted by molar-refractivity contribution is 5.97. The van der Waals surface area contributed by atoms with Gasteiger partial charge in [0.05, 0.1) is 0 Å². The number of carbonyl (C=O) groups is 2. The van der Waals surface area contributed by atoms with Gasteiger partial charge in [-0.25, -0.2) is 0 Å². The zero-order valence-electron chi connectivity index (χ0n) is 15.7. The summed E-state index contributed by atoms with van der Waals surface area (Å²) in [6, 6.07) is 17.7. The van der Waals surface area contributed by atoms with Crippen molar-refractivity contribution in [3.05, 3.63) is 65.7 Å². The predicted octanol–water partition coefficient (Wildman–Crippen LogP) is 4.87. The first-order chi connectivity index (χ1) is 12.6. The van der Waals surface area contributed by atoms with Crippen LogP contribution in [0.3, 0.4) is 0 Å². The van der Waals surface area contributed by atoms with E-state index in [9.17, 15) is 9.59 Å². The largest absolute Gasteiger partial charge is 0.378 e. The number of hydrogen-bond acceptors (Lipinski definition) is 3. The number of nitrogens with zero attached hydrogens (tertiary/aromatic N) is 1. The lowest BCUT2D eigenvalue weighted by Crippen LogP contribution is -2.27. The molecule has 0 aliphatic heterocycles. The van der Waals surface area contributed by atoms with E-state index in [1.54, 1.807) is 0 Å². The van der Waals surface area contributed by atoms with Gasteiger partial charge in [-0.2, -0.15) is 0 Å². The fraction of sp³-hybridized carbons (Fsp3) is 0.391. The van der Waals surface area contributed by atoms with Gasteiger partial charge in [0.15, 0.2) is 5.78 Å². The standard InChI is InChI=1S/C23H27NO2/c1-24(2)19-14-12-17(13-15-19)21(20-10-6-7-11-22(20)25)16-23(26)18-8-4-3-5-9-18/h3-5,8-9,12-15,20-21H,6-7,10-11,16H2,1-2H3/t20-,21-/m0/s1. The van der Waals surface area contributed by atoms with Crippen LogP contribution < -0.4 is 4.90 Å². The van der Waals surface area contributed by atoms with Crippen LogP contribution in [0.25, 0.3) is 0 Å². The molecule has 0 saturated heterocycles. The van der Waals surface area contributed by atoms with Crippen molar-refractivity contribution in [3.63, 3.8) is 0 Å². The fourth-order valence-corrected chi connectivity index (χ4v) is 3.89. The van der Waals surface area contributed by atoms with Crippen LogP contribution in [0.2, 0.25) is 0 Å². The number of carbonyl (C=O) groups excluding carboxylic acids is 2. The molecule has 0 heterocycles. The molecule has 1 aliphatic carbocycles. The second-order valence-corrected chi connectivity index (χ2v) is 7.40. The average molecular weight is 349 g/mol. The molecule has 0 radical (unpaired) electrons. The summed E-state index contributed by atoms with van der Waals surface area (Å²) in [5, 5.41) is 0. The topological polar surface area (TPSA) is 37.4 Å². The third-order valence-corrected chi connectivity index (χ3v) is 5.43. The molecule has 0 spiro atoms. The third kappa shape index (κ3) is 4.21. The Kier molecular flexibility index (Phi) is 5.87. The monoisotopic (exact) mass is 349 g/mol. The second-order valence-electron chi connectivity index (χ2n) is 7.40. The summed E-state index contributed by atoms with van der Waals surface area (Å²) in [5.74, 6) is 0.359. The van der Waals surface area contributed by atoms with Gasteiger partial charge in [-0.15, -0.1) is 0 Å². The first-order valence-electron chi connectivity index (χ1n) is 9.44. The first kappa shape index (κ1) is 18.4. The minimum atomic E-state index is -0.0402. The van der Waals surface area contributed by atoms with Gasteiger partial charge in [-0.1, -0.05) is 48.9 Å². The average Bonchev–Trinajstić information content (AvgIpc) is 2.67. The van der Waals surface area contributed by atoms with Crippen LogP contribution in [0, 0.1) is 5.92 Å². The van der Waals surface area contributed by atoms with E-state index in [1.165, 1.54) is 0 Å². The minimum absolute atomic E-state index is 0.0354. The second kappa shape index (κ2) is 8.31. The van der Waals surface area contributed by atoms with Gasteiger partial charge in [-0.3, -0.25) is 9.59 Å². The maximum absolute atomic E-state index is 12.8. The maximum Gasteiger partial charge on any atom is 0.163 e. The van der Waals surface area contributed by atoms with Gasteiger partial charge < -0.3 is 4.90 Å². The van der Waals surface area contributed by atoms with E-state index in [0.717, 1.165) is 36.1 Å². The summed E-state index contributed by atoms with van der Waals surface area (Å²) in [6.07, 6.45) is 3.98. The Morgan fingerprint density at radius 3 is 2.35 bits per heavy atom. The molecule has 0 aromatic heterocycles. The van der Waals surface area contributed by atoms with Crippen molar-refractivity contribution in [1.29, 1.82) is 0 Å². The highest BCUT2D eigenvalue weighted by atomic mass is 16.1. The van der Waals surface area contributed by atoms with E-state index in [2.05, 4.69) is 29.2 Å². The zero-order chi connectivity index (χ0) is 18.5. The lowest BCUT2D eigenvalue weighted by Gasteiger charge is -2.29. The number of ketones is 2. The molecule has 2 atom stereocenters. The summed E-state index contributed by atoms with van der Waals surface area (Å²) < 4.78 is 0. The lowest BCUT2D eigenvalue weighted by molar-refractivity contribution is -0.125. The third-order valence-electron chi connectivity index (χ3n) is 5.43. The Balaban J connectivity index is 1.88. The van der Waals surface area contributed by atoms with E-state index >= 15 is 0 Å². The van der Waals surface area contributed by atoms with Crippen molar-refractivity contribution in [3.8, 4) is 0 Å². The van der Waals surface area contributed by atoms with Crippen LogP contribution in [0.5, 0.6) is 0 Å². The zero-order valence-corrected chi connectivity index (χ0v) is 15.7. The summed E-state index contributed by atoms with van der Waals surface area (Å²) in [7, 11) is 4.02. The molecule has 136 valence electrons. The molecular weight excluding hydrogens is 322 g/mol. The van der Waals surface area contributed by atoms with Crippen molar-refractivity contribution < 1.29 is 9.59 Å². The van der Waals surface area contributed by atoms with Gasteiger partial charge in [0.1, 0.15) is 5.78 Å². The van der Waals surface area contributed by atoms with E-state index in [4.69, 9.17) is 0 Å². The molecular formula is C23H27NO2. The Morgan fingerprint density at radius 2 is 1.73 bits per heavy atom. The maximum atomic E-state index is 12.8. The highest BCUT2D eigenvalue weighted by Crippen LogP contribution is 2.37. The van der Waals surface area contributed by atoms with Gasteiger partial charge in [0, 0.05) is 50.0 Å². The summed E-state index contributed by atoms with van der Waals surface area (Å²) in [6.45, 7) is 0. The summed E-state index contributed by atoms with van der Waals surface area (Å²) in [5.41, 5.74) is 2.95. The number of anilines is 1. The predicted molar refractivity (Wildman–Crippen MR) is 106 cm³/mol. The Hall–Kier alpha value is -2.42. The molecule has 3 heteroatoms. The van der Waals surface area contributed by atoms with Gasteiger partial charge >= 0.3 is 0 Å². The molecule has 0 bridgehead atoms. The van der Waals surface area contributed by atoms with Crippen LogP contribution >= 0.6 is 0 Å². The number of hydrogen-bond donors (Lipinski definition) is 0. The van der Waals surface area contributed by atoms with Crippen LogP contribution in [0.1, 0.15) is 53.9 Å². The molecule has 26 heavy (non-hydrogen) atoms. The first-order valence-corrected chi connectivity index (χ1v) is 9.44. The van der Waals surface area contributed by atoms with Crippen LogP contribution in [0.15, 0.2) is 54.6 Å². The number of benzene rings is 2. The van der Waals surface area contributed by atoms with E-state index in [0.29, 0.717) is 18.6 Å². The van der Waals surface area contributed by atoms with E-state index in [1.807, 2.05) is 44.4 Å². The van der Waals surface area contributed by atoms with E-state index in [-0.39, 0.29) is 17.6 Å². The number of Topliss-reactive ketones (excluding diaryl/α,β-unsaturated/α-hetero) is 2. The van der Waals surface area contributed by atoms with Crippen molar-refractivity contribution >= 4 is 17.3 Å². The summed E-state index contributed by atoms with van der Waals surface area (Å²) in [4.78, 5) is 27.5. The smallest absolute Gasteiger partial charge is 0.163 e. The molecule has 2 aromatic rings.